The van der Waals surface area contributed by atoms with Gasteiger partial charge in [0.1, 0.15) is 5.54 Å². The molecule has 0 fully saturated rings. The summed E-state index contributed by atoms with van der Waals surface area (Å²) in [7, 11) is 0. The second-order valence-corrected chi connectivity index (χ2v) is 7.74. The van der Waals surface area contributed by atoms with Gasteiger partial charge in [0.15, 0.2) is 5.44 Å². The van der Waals surface area contributed by atoms with E-state index in [1.807, 2.05) is 67.8 Å². The first-order valence-corrected chi connectivity index (χ1v) is 10.6. The summed E-state index contributed by atoms with van der Waals surface area (Å²) >= 11 is 1.48. The van der Waals surface area contributed by atoms with Crippen LogP contribution in [0, 0.1) is 11.8 Å². The number of fused-ring (bicyclic) bond motifs is 1. The van der Waals surface area contributed by atoms with Crippen molar-refractivity contribution in [2.45, 2.75) is 31.7 Å². The summed E-state index contributed by atoms with van der Waals surface area (Å²) in [5, 5.41) is 3.98. The number of para-hydroxylation sites is 1. The molecule has 0 aliphatic carbocycles. The molecule has 1 heterocycles. The Morgan fingerprint density at radius 2 is 1.86 bits per heavy atom. The molecule has 4 nitrogen and oxygen atoms in total. The Kier molecular flexibility index (Phi) is 6.46. The number of ether oxygens (including phenoxy) is 1. The Bertz CT molecular complexity index is 1070. The van der Waals surface area contributed by atoms with E-state index in [0.717, 1.165) is 22.0 Å². The third-order valence-electron chi connectivity index (χ3n) is 4.50. The van der Waals surface area contributed by atoms with Crippen molar-refractivity contribution in [1.82, 2.24) is 10.3 Å². The predicted octanol–water partition coefficient (Wildman–Crippen LogP) is 4.89. The molecule has 1 N–H and O–H groups in total. The molecule has 29 heavy (non-hydrogen) atoms. The molecule has 148 valence electrons. The number of hydrogen-bond acceptors (Lipinski definition) is 4. The highest BCUT2D eigenvalue weighted by Gasteiger charge is 2.36. The topological polar surface area (TPSA) is 51.2 Å². The lowest BCUT2D eigenvalue weighted by Crippen LogP contribution is -2.53. The van der Waals surface area contributed by atoms with Gasteiger partial charge in [-0.25, -0.2) is 4.98 Å². The molecular weight excluding hydrogens is 380 g/mol. The maximum absolute atomic E-state index is 11.8. The molecule has 3 rings (SSSR count). The van der Waals surface area contributed by atoms with Crippen molar-refractivity contribution in [3.05, 3.63) is 60.7 Å². The van der Waals surface area contributed by atoms with Crippen LogP contribution < -0.4 is 10.1 Å². The molecule has 2 atom stereocenters. The van der Waals surface area contributed by atoms with E-state index >= 15 is 0 Å². The predicted molar refractivity (Wildman–Crippen MR) is 121 cm³/mol. The zero-order chi connectivity index (χ0) is 20.9. The highest BCUT2D eigenvalue weighted by atomic mass is 32.2. The van der Waals surface area contributed by atoms with E-state index in [2.05, 4.69) is 23.2 Å². The largest absolute Gasteiger partial charge is 0.459 e. The molecule has 3 aromatic rings. The van der Waals surface area contributed by atoms with Gasteiger partial charge in [0.25, 0.3) is 0 Å². The molecular formula is C24H24N2O2S. The number of amides is 1. The fourth-order valence-electron chi connectivity index (χ4n) is 3.29. The van der Waals surface area contributed by atoms with Crippen LogP contribution in [0.2, 0.25) is 0 Å². The van der Waals surface area contributed by atoms with Gasteiger partial charge in [-0.15, -0.1) is 17.7 Å². The van der Waals surface area contributed by atoms with Crippen LogP contribution in [-0.2, 0) is 4.79 Å². The van der Waals surface area contributed by atoms with E-state index in [-0.39, 0.29) is 5.91 Å². The third kappa shape index (κ3) is 4.72. The van der Waals surface area contributed by atoms with Crippen molar-refractivity contribution in [1.29, 1.82) is 0 Å². The van der Waals surface area contributed by atoms with E-state index < -0.39 is 11.0 Å². The summed E-state index contributed by atoms with van der Waals surface area (Å²) in [5.74, 6) is 6.37. The second-order valence-electron chi connectivity index (χ2n) is 6.84. The van der Waals surface area contributed by atoms with Gasteiger partial charge in [-0.3, -0.25) is 4.79 Å². The average Bonchev–Trinajstić information content (AvgIpc) is 2.71. The number of nitrogens with one attached hydrogen (secondary N) is 1. The van der Waals surface area contributed by atoms with Gasteiger partial charge in [0.05, 0.1) is 5.52 Å². The summed E-state index contributed by atoms with van der Waals surface area (Å²) in [6, 6.07) is 20.1. The molecule has 0 aliphatic rings. The minimum atomic E-state index is -0.860. The molecule has 1 amide bonds. The molecule has 0 radical (unpaired) electrons. The Balaban J connectivity index is 2.11. The van der Waals surface area contributed by atoms with Crippen molar-refractivity contribution < 1.29 is 9.53 Å². The molecule has 0 spiro atoms. The minimum Gasteiger partial charge on any atom is -0.459 e. The van der Waals surface area contributed by atoms with E-state index in [4.69, 9.17) is 9.72 Å². The van der Waals surface area contributed by atoms with Crippen LogP contribution in [-0.4, -0.2) is 28.1 Å². The quantitative estimate of drug-likeness (QED) is 0.470. The van der Waals surface area contributed by atoms with Crippen LogP contribution in [0.15, 0.2) is 60.7 Å². The number of benzene rings is 2. The molecule has 1 aromatic heterocycles. The number of nitrogens with zero attached hydrogens (tertiary/aromatic N) is 1. The lowest BCUT2D eigenvalue weighted by Gasteiger charge is -2.33. The smallest absolute Gasteiger partial charge is 0.223 e. The molecule has 0 saturated heterocycles. The lowest BCUT2D eigenvalue weighted by molar-refractivity contribution is -0.120. The van der Waals surface area contributed by atoms with Crippen molar-refractivity contribution >= 4 is 28.6 Å². The van der Waals surface area contributed by atoms with Crippen LogP contribution in [0.5, 0.6) is 5.88 Å². The van der Waals surface area contributed by atoms with Crippen LogP contribution in [0.4, 0.5) is 0 Å². The summed E-state index contributed by atoms with van der Waals surface area (Å²) < 4.78 is 6.41. The van der Waals surface area contributed by atoms with Gasteiger partial charge in [0, 0.05) is 17.9 Å². The van der Waals surface area contributed by atoms with Gasteiger partial charge in [0.2, 0.25) is 11.8 Å². The fourth-order valence-corrected chi connectivity index (χ4v) is 4.07. The van der Waals surface area contributed by atoms with E-state index in [9.17, 15) is 4.79 Å². The molecule has 0 aliphatic heterocycles. The first kappa shape index (κ1) is 20.8. The Morgan fingerprint density at radius 1 is 1.17 bits per heavy atom. The Hall–Kier alpha value is -2.97. The molecule has 0 saturated carbocycles. The number of thioether (sulfide) groups is 1. The van der Waals surface area contributed by atoms with E-state index in [0.29, 0.717) is 5.88 Å². The molecule has 5 heteroatoms. The zero-order valence-electron chi connectivity index (χ0n) is 17.0. The number of carbonyl (C=O) groups is 1. The minimum absolute atomic E-state index is 0.160. The number of pyridine rings is 1. The molecule has 2 unspecified atom stereocenters. The van der Waals surface area contributed by atoms with E-state index in [1.165, 1.54) is 18.7 Å². The van der Waals surface area contributed by atoms with Gasteiger partial charge in [-0.2, -0.15) is 0 Å². The number of aromatic nitrogens is 1. The van der Waals surface area contributed by atoms with Crippen LogP contribution >= 0.6 is 11.8 Å². The lowest BCUT2D eigenvalue weighted by atomic mass is 10.0. The Labute approximate surface area is 176 Å². The Morgan fingerprint density at radius 3 is 2.52 bits per heavy atom. The van der Waals surface area contributed by atoms with Crippen molar-refractivity contribution in [3.8, 4) is 28.8 Å². The van der Waals surface area contributed by atoms with Crippen LogP contribution in [0.1, 0.15) is 20.8 Å². The van der Waals surface area contributed by atoms with Gasteiger partial charge in [-0.05, 0) is 37.8 Å². The summed E-state index contributed by atoms with van der Waals surface area (Å²) in [6.07, 6.45) is 1.94. The highest BCUT2D eigenvalue weighted by molar-refractivity contribution is 7.99. The molecule has 2 aromatic carbocycles. The van der Waals surface area contributed by atoms with Gasteiger partial charge >= 0.3 is 0 Å². The van der Waals surface area contributed by atoms with Crippen LogP contribution in [0.3, 0.4) is 0 Å². The van der Waals surface area contributed by atoms with Crippen LogP contribution in [0.25, 0.3) is 22.0 Å². The third-order valence-corrected chi connectivity index (χ3v) is 5.49. The first-order valence-electron chi connectivity index (χ1n) is 9.34. The number of hydrogen-bond donors (Lipinski definition) is 1. The highest BCUT2D eigenvalue weighted by Crippen LogP contribution is 2.35. The monoisotopic (exact) mass is 404 g/mol. The standard InChI is InChI=1S/C24H24N2O2S/c1-5-15-24(3,26-17(2)27)23(29-4)28-22-20(18-11-7-6-8-12-18)16-19-13-9-10-14-21(19)25-22/h6-14,16,23H,1-4H3,(H,26,27). The SMILES string of the molecule is CC#CC(C)(NC(C)=O)C(Oc1nc2ccccc2cc1-c1ccccc1)SC. The van der Waals surface area contributed by atoms with Gasteiger partial charge < -0.3 is 10.1 Å². The number of carbonyl (C=O) groups excluding carboxylic acids is 1. The maximum Gasteiger partial charge on any atom is 0.223 e. The summed E-state index contributed by atoms with van der Waals surface area (Å²) in [4.78, 5) is 16.6. The normalized spacial score (nSPS) is 13.7. The second kappa shape index (κ2) is 9.02. The zero-order valence-corrected chi connectivity index (χ0v) is 17.8. The summed E-state index contributed by atoms with van der Waals surface area (Å²) in [6.45, 7) is 5.10. The van der Waals surface area contributed by atoms with Crippen molar-refractivity contribution in [2.24, 2.45) is 0 Å². The average molecular weight is 405 g/mol. The first-order chi connectivity index (χ1) is 14.0. The maximum atomic E-state index is 11.8. The van der Waals surface area contributed by atoms with Crippen molar-refractivity contribution in [3.63, 3.8) is 0 Å². The van der Waals surface area contributed by atoms with E-state index in [1.54, 1.807) is 6.92 Å². The van der Waals surface area contributed by atoms with Gasteiger partial charge in [-0.1, -0.05) is 54.5 Å². The van der Waals surface area contributed by atoms with Crippen molar-refractivity contribution in [2.75, 3.05) is 6.26 Å². The molecule has 0 bridgehead atoms. The summed E-state index contributed by atoms with van der Waals surface area (Å²) in [5.41, 5.74) is 1.46. The fraction of sp³-hybridized carbons (Fsp3) is 0.250. The number of rotatable bonds is 6.